The summed E-state index contributed by atoms with van der Waals surface area (Å²) >= 11 is 0. The van der Waals surface area contributed by atoms with E-state index in [1.807, 2.05) is 6.92 Å². The number of allylic oxidation sites excluding steroid dienone is 2. The zero-order valence-electron chi connectivity index (χ0n) is 9.69. The van der Waals surface area contributed by atoms with Crippen LogP contribution >= 0.6 is 0 Å². The first-order chi connectivity index (χ1) is 6.88. The minimum atomic E-state index is -0.184. The van der Waals surface area contributed by atoms with E-state index in [1.165, 1.54) is 11.1 Å². The molecule has 0 radical (unpaired) electrons. The van der Waals surface area contributed by atoms with E-state index < -0.39 is 0 Å². The van der Waals surface area contributed by atoms with Crippen molar-refractivity contribution >= 4 is 11.5 Å². The molecule has 0 aromatic heterocycles. The monoisotopic (exact) mass is 210 g/mol. The largest absolute Gasteiger partial charge is 0.320 e. The van der Waals surface area contributed by atoms with Gasteiger partial charge in [-0.1, -0.05) is 6.58 Å². The highest BCUT2D eigenvalue weighted by atomic mass is 16.1. The van der Waals surface area contributed by atoms with Crippen LogP contribution in [0.5, 0.6) is 0 Å². The zero-order chi connectivity index (χ0) is 12.0. The summed E-state index contributed by atoms with van der Waals surface area (Å²) in [5.74, 6) is 5.26. The van der Waals surface area contributed by atoms with Crippen molar-refractivity contribution in [3.63, 3.8) is 0 Å². The molecule has 0 unspecified atom stereocenters. The molecule has 0 saturated carbocycles. The third-order valence-corrected chi connectivity index (χ3v) is 1.74. The molecule has 0 heterocycles. The molecule has 2 N–H and O–H groups in total. The van der Waals surface area contributed by atoms with Crippen molar-refractivity contribution in [2.24, 2.45) is 10.9 Å². The maximum Gasteiger partial charge on any atom is 0.200 e. The van der Waals surface area contributed by atoms with Crippen molar-refractivity contribution in [3.8, 4) is 0 Å². The molecule has 0 aromatic carbocycles. The first-order valence-corrected chi connectivity index (χ1v) is 4.50. The summed E-state index contributed by atoms with van der Waals surface area (Å²) in [6, 6.07) is 0. The van der Waals surface area contributed by atoms with Crippen molar-refractivity contribution in [1.29, 1.82) is 0 Å². The molecule has 5 nitrogen and oxygen atoms in total. The number of carbonyl (C=O) groups is 1. The lowest BCUT2D eigenvalue weighted by atomic mass is 10.3. The molecule has 0 bridgehead atoms. The topological polar surface area (TPSA) is 61.9 Å². The number of hydrazone groups is 1. The number of hydrogen-bond donors (Lipinski definition) is 1. The highest BCUT2D eigenvalue weighted by molar-refractivity contribution is 6.42. The fourth-order valence-electron chi connectivity index (χ4n) is 0.879. The van der Waals surface area contributed by atoms with Gasteiger partial charge in [-0.15, -0.1) is 0 Å². The molecule has 0 saturated heterocycles. The molecule has 15 heavy (non-hydrogen) atoms. The van der Waals surface area contributed by atoms with Crippen molar-refractivity contribution < 1.29 is 4.79 Å². The predicted molar refractivity (Wildman–Crippen MR) is 61.8 cm³/mol. The summed E-state index contributed by atoms with van der Waals surface area (Å²) in [7, 11) is 3.46. The summed E-state index contributed by atoms with van der Waals surface area (Å²) in [6.07, 6.45) is 2.94. The van der Waals surface area contributed by atoms with Gasteiger partial charge in [-0.2, -0.15) is 5.10 Å². The molecule has 0 atom stereocenters. The standard InChI is InChI=1S/C10H18N4O/c1-6-10(15)9(3)12-14(5)8(2)7-13(4)11/h6-7H,1,11H2,2-5H3/b8-7+,12-9-. The molecular formula is C10H18N4O. The molecule has 0 amide bonds. The van der Waals surface area contributed by atoms with E-state index in [2.05, 4.69) is 11.7 Å². The van der Waals surface area contributed by atoms with Gasteiger partial charge in [0.05, 0.1) is 5.70 Å². The van der Waals surface area contributed by atoms with Crippen LogP contribution in [0.4, 0.5) is 0 Å². The fraction of sp³-hybridized carbons (Fsp3) is 0.400. The Morgan fingerprint density at radius 3 is 2.33 bits per heavy atom. The van der Waals surface area contributed by atoms with Gasteiger partial charge in [-0.3, -0.25) is 9.80 Å². The van der Waals surface area contributed by atoms with Crippen LogP contribution in [0.1, 0.15) is 13.8 Å². The van der Waals surface area contributed by atoms with Crippen LogP contribution < -0.4 is 5.84 Å². The summed E-state index contributed by atoms with van der Waals surface area (Å²) in [4.78, 5) is 11.2. The summed E-state index contributed by atoms with van der Waals surface area (Å²) in [5.41, 5.74) is 1.22. The molecule has 0 rings (SSSR count). The van der Waals surface area contributed by atoms with E-state index in [0.717, 1.165) is 5.70 Å². The van der Waals surface area contributed by atoms with E-state index in [0.29, 0.717) is 5.71 Å². The van der Waals surface area contributed by atoms with Gasteiger partial charge < -0.3 is 5.01 Å². The minimum absolute atomic E-state index is 0.184. The third kappa shape index (κ3) is 4.97. The van der Waals surface area contributed by atoms with Gasteiger partial charge in [0.1, 0.15) is 5.71 Å². The lowest BCUT2D eigenvalue weighted by Gasteiger charge is -2.16. The smallest absolute Gasteiger partial charge is 0.200 e. The number of hydrazine groups is 1. The van der Waals surface area contributed by atoms with Gasteiger partial charge in [-0.05, 0) is 19.9 Å². The fourth-order valence-corrected chi connectivity index (χ4v) is 0.879. The zero-order valence-corrected chi connectivity index (χ0v) is 9.69. The van der Waals surface area contributed by atoms with Crippen LogP contribution in [-0.2, 0) is 4.79 Å². The maximum atomic E-state index is 11.2. The van der Waals surface area contributed by atoms with E-state index in [4.69, 9.17) is 5.84 Å². The lowest BCUT2D eigenvalue weighted by Crippen LogP contribution is -2.22. The van der Waals surface area contributed by atoms with E-state index >= 15 is 0 Å². The second-order valence-corrected chi connectivity index (χ2v) is 3.21. The Kier molecular flexibility index (Phi) is 5.33. The first-order valence-electron chi connectivity index (χ1n) is 4.50. The predicted octanol–water partition coefficient (Wildman–Crippen LogP) is 0.716. The first kappa shape index (κ1) is 13.4. The molecule has 84 valence electrons. The van der Waals surface area contributed by atoms with Crippen molar-refractivity contribution in [3.05, 3.63) is 24.6 Å². The summed E-state index contributed by atoms with van der Waals surface area (Å²) < 4.78 is 0. The van der Waals surface area contributed by atoms with Gasteiger partial charge >= 0.3 is 0 Å². The summed E-state index contributed by atoms with van der Waals surface area (Å²) in [5, 5.41) is 7.09. The van der Waals surface area contributed by atoms with Gasteiger partial charge in [0, 0.05) is 20.3 Å². The second-order valence-electron chi connectivity index (χ2n) is 3.21. The number of nitrogens with two attached hydrogens (primary N) is 1. The molecule has 0 spiro atoms. The molecule has 0 aliphatic heterocycles. The van der Waals surface area contributed by atoms with Crippen molar-refractivity contribution in [2.75, 3.05) is 14.1 Å². The maximum absolute atomic E-state index is 11.2. The molecule has 0 aliphatic carbocycles. The highest BCUT2D eigenvalue weighted by Gasteiger charge is 2.03. The van der Waals surface area contributed by atoms with Crippen LogP contribution in [0.2, 0.25) is 0 Å². The van der Waals surface area contributed by atoms with Gasteiger partial charge in [0.25, 0.3) is 0 Å². The number of ketones is 1. The normalized spacial score (nSPS) is 12.3. The number of rotatable bonds is 5. The Morgan fingerprint density at radius 1 is 1.40 bits per heavy atom. The SMILES string of the molecule is C=CC(=O)/C(C)=N\N(C)/C(C)=C/N(C)N. The molecular weight excluding hydrogens is 192 g/mol. The lowest BCUT2D eigenvalue weighted by molar-refractivity contribution is -0.109. The van der Waals surface area contributed by atoms with E-state index in [1.54, 1.807) is 32.2 Å². The molecule has 0 aliphatic rings. The van der Waals surface area contributed by atoms with Crippen LogP contribution in [0.3, 0.4) is 0 Å². The number of carbonyl (C=O) groups excluding carboxylic acids is 1. The highest BCUT2D eigenvalue weighted by Crippen LogP contribution is 2.01. The van der Waals surface area contributed by atoms with Crippen molar-refractivity contribution in [1.82, 2.24) is 10.0 Å². The Bertz CT molecular complexity index is 305. The average molecular weight is 210 g/mol. The summed E-state index contributed by atoms with van der Waals surface area (Å²) in [6.45, 7) is 6.88. The van der Waals surface area contributed by atoms with Crippen LogP contribution in [0, 0.1) is 0 Å². The Balaban J connectivity index is 4.67. The van der Waals surface area contributed by atoms with Gasteiger partial charge in [0.2, 0.25) is 5.78 Å². The quantitative estimate of drug-likeness (QED) is 0.314. The van der Waals surface area contributed by atoms with Crippen molar-refractivity contribution in [2.45, 2.75) is 13.8 Å². The number of hydrogen-bond acceptors (Lipinski definition) is 5. The molecule has 0 aromatic rings. The Labute approximate surface area is 90.5 Å². The van der Waals surface area contributed by atoms with Gasteiger partial charge in [0.15, 0.2) is 0 Å². The third-order valence-electron chi connectivity index (χ3n) is 1.74. The van der Waals surface area contributed by atoms with Crippen LogP contribution in [0.15, 0.2) is 29.7 Å². The van der Waals surface area contributed by atoms with E-state index in [9.17, 15) is 4.79 Å². The van der Waals surface area contributed by atoms with Gasteiger partial charge in [-0.25, -0.2) is 5.84 Å². The molecule has 5 heteroatoms. The molecule has 0 fully saturated rings. The number of nitrogens with zero attached hydrogens (tertiary/aromatic N) is 3. The Hall–Kier alpha value is -1.62. The minimum Gasteiger partial charge on any atom is -0.320 e. The van der Waals surface area contributed by atoms with Crippen LogP contribution in [-0.4, -0.2) is 35.6 Å². The average Bonchev–Trinajstić information content (AvgIpc) is 2.15. The Morgan fingerprint density at radius 2 is 1.93 bits per heavy atom. The van der Waals surface area contributed by atoms with E-state index in [-0.39, 0.29) is 5.78 Å². The second kappa shape index (κ2) is 5.98. The van der Waals surface area contributed by atoms with Crippen LogP contribution in [0.25, 0.3) is 0 Å².